The van der Waals surface area contributed by atoms with E-state index in [0.29, 0.717) is 6.61 Å². The topological polar surface area (TPSA) is 18.5 Å². The zero-order valence-corrected chi connectivity index (χ0v) is 8.71. The average Bonchev–Trinajstić information content (AvgIpc) is 2.20. The SMILES string of the molecule is C/C=C/OCC1(CC)CCCCO1. The molecule has 0 aromatic heterocycles. The number of rotatable bonds is 4. The van der Waals surface area contributed by atoms with Crippen LogP contribution in [0.2, 0.25) is 0 Å². The molecule has 0 bridgehead atoms. The number of hydrogen-bond acceptors (Lipinski definition) is 2. The average molecular weight is 184 g/mol. The lowest BCUT2D eigenvalue weighted by Gasteiger charge is -2.35. The lowest BCUT2D eigenvalue weighted by molar-refractivity contribution is -0.111. The van der Waals surface area contributed by atoms with Crippen LogP contribution >= 0.6 is 0 Å². The highest BCUT2D eigenvalue weighted by molar-refractivity contribution is 4.83. The lowest BCUT2D eigenvalue weighted by Crippen LogP contribution is -2.39. The highest BCUT2D eigenvalue weighted by atomic mass is 16.5. The molecule has 13 heavy (non-hydrogen) atoms. The second-order valence-corrected chi connectivity index (χ2v) is 3.62. The molecule has 0 aromatic rings. The van der Waals surface area contributed by atoms with Gasteiger partial charge < -0.3 is 9.47 Å². The van der Waals surface area contributed by atoms with Crippen LogP contribution in [-0.2, 0) is 9.47 Å². The fourth-order valence-corrected chi connectivity index (χ4v) is 1.70. The van der Waals surface area contributed by atoms with Crippen molar-refractivity contribution in [3.63, 3.8) is 0 Å². The highest BCUT2D eigenvalue weighted by Gasteiger charge is 2.31. The summed E-state index contributed by atoms with van der Waals surface area (Å²) in [6.45, 7) is 5.73. The first kappa shape index (κ1) is 10.6. The van der Waals surface area contributed by atoms with Gasteiger partial charge in [-0.25, -0.2) is 0 Å². The van der Waals surface area contributed by atoms with Crippen LogP contribution in [0, 0.1) is 0 Å². The Morgan fingerprint density at radius 1 is 1.46 bits per heavy atom. The fraction of sp³-hybridized carbons (Fsp3) is 0.818. The second-order valence-electron chi connectivity index (χ2n) is 3.62. The van der Waals surface area contributed by atoms with Gasteiger partial charge in [-0.2, -0.15) is 0 Å². The van der Waals surface area contributed by atoms with Crippen LogP contribution in [-0.4, -0.2) is 18.8 Å². The van der Waals surface area contributed by atoms with Gasteiger partial charge in [0.1, 0.15) is 12.2 Å². The summed E-state index contributed by atoms with van der Waals surface area (Å²) in [6.07, 6.45) is 8.31. The van der Waals surface area contributed by atoms with Gasteiger partial charge in [0.25, 0.3) is 0 Å². The van der Waals surface area contributed by atoms with E-state index in [0.717, 1.165) is 19.4 Å². The van der Waals surface area contributed by atoms with Crippen LogP contribution in [0.25, 0.3) is 0 Å². The molecular formula is C11H20O2. The zero-order valence-electron chi connectivity index (χ0n) is 8.71. The van der Waals surface area contributed by atoms with Crippen molar-refractivity contribution in [2.75, 3.05) is 13.2 Å². The Morgan fingerprint density at radius 2 is 2.31 bits per heavy atom. The van der Waals surface area contributed by atoms with Crippen molar-refractivity contribution in [1.29, 1.82) is 0 Å². The van der Waals surface area contributed by atoms with Crippen LogP contribution in [0.1, 0.15) is 39.5 Å². The Bertz CT molecular complexity index is 157. The van der Waals surface area contributed by atoms with Gasteiger partial charge in [0.05, 0.1) is 6.26 Å². The molecule has 1 heterocycles. The second kappa shape index (κ2) is 5.28. The Kier molecular flexibility index (Phi) is 4.29. The molecule has 1 aliphatic rings. The van der Waals surface area contributed by atoms with E-state index in [1.807, 2.05) is 13.0 Å². The van der Waals surface area contributed by atoms with E-state index in [1.165, 1.54) is 12.8 Å². The minimum Gasteiger partial charge on any atom is -0.499 e. The van der Waals surface area contributed by atoms with Gasteiger partial charge >= 0.3 is 0 Å². The highest BCUT2D eigenvalue weighted by Crippen LogP contribution is 2.28. The molecule has 1 saturated heterocycles. The Labute approximate surface area is 80.9 Å². The summed E-state index contributed by atoms with van der Waals surface area (Å²) in [6, 6.07) is 0. The molecular weight excluding hydrogens is 164 g/mol. The zero-order chi connectivity index (χ0) is 9.57. The van der Waals surface area contributed by atoms with Gasteiger partial charge in [-0.05, 0) is 32.6 Å². The van der Waals surface area contributed by atoms with Crippen molar-refractivity contribution in [1.82, 2.24) is 0 Å². The van der Waals surface area contributed by atoms with E-state index in [-0.39, 0.29) is 5.60 Å². The number of ether oxygens (including phenoxy) is 2. The van der Waals surface area contributed by atoms with Gasteiger partial charge in [-0.1, -0.05) is 13.0 Å². The molecule has 0 radical (unpaired) electrons. The van der Waals surface area contributed by atoms with Gasteiger partial charge in [-0.15, -0.1) is 0 Å². The number of hydrogen-bond donors (Lipinski definition) is 0. The number of allylic oxidation sites excluding steroid dienone is 1. The Hall–Kier alpha value is -0.500. The molecule has 0 amide bonds. The van der Waals surface area contributed by atoms with Crippen molar-refractivity contribution in [2.45, 2.75) is 45.1 Å². The summed E-state index contributed by atoms with van der Waals surface area (Å²) in [4.78, 5) is 0. The Balaban J connectivity index is 2.38. The van der Waals surface area contributed by atoms with E-state index >= 15 is 0 Å². The molecule has 1 fully saturated rings. The van der Waals surface area contributed by atoms with Gasteiger partial charge in [-0.3, -0.25) is 0 Å². The first-order valence-electron chi connectivity index (χ1n) is 5.20. The van der Waals surface area contributed by atoms with Gasteiger partial charge in [0, 0.05) is 6.61 Å². The van der Waals surface area contributed by atoms with Gasteiger partial charge in [0.2, 0.25) is 0 Å². The van der Waals surface area contributed by atoms with Crippen molar-refractivity contribution in [2.24, 2.45) is 0 Å². The first-order chi connectivity index (χ1) is 6.33. The first-order valence-corrected chi connectivity index (χ1v) is 5.20. The van der Waals surface area contributed by atoms with Crippen LogP contribution in [0.5, 0.6) is 0 Å². The fourth-order valence-electron chi connectivity index (χ4n) is 1.70. The summed E-state index contributed by atoms with van der Waals surface area (Å²) >= 11 is 0. The maximum absolute atomic E-state index is 5.80. The van der Waals surface area contributed by atoms with Crippen LogP contribution < -0.4 is 0 Å². The van der Waals surface area contributed by atoms with Gasteiger partial charge in [0.15, 0.2) is 0 Å². The third-order valence-electron chi connectivity index (χ3n) is 2.66. The summed E-state index contributed by atoms with van der Waals surface area (Å²) in [5, 5.41) is 0. The predicted octanol–water partition coefficient (Wildman–Crippen LogP) is 2.89. The smallest absolute Gasteiger partial charge is 0.116 e. The molecule has 2 heteroatoms. The maximum atomic E-state index is 5.80. The molecule has 0 saturated carbocycles. The van der Waals surface area contributed by atoms with E-state index in [2.05, 4.69) is 6.92 Å². The van der Waals surface area contributed by atoms with Crippen molar-refractivity contribution in [3.8, 4) is 0 Å². The van der Waals surface area contributed by atoms with Crippen molar-refractivity contribution >= 4 is 0 Å². The summed E-state index contributed by atoms with van der Waals surface area (Å²) < 4.78 is 11.2. The largest absolute Gasteiger partial charge is 0.499 e. The normalized spacial score (nSPS) is 29.4. The van der Waals surface area contributed by atoms with E-state index in [1.54, 1.807) is 6.26 Å². The summed E-state index contributed by atoms with van der Waals surface area (Å²) in [5.74, 6) is 0. The Morgan fingerprint density at radius 3 is 2.85 bits per heavy atom. The predicted molar refractivity (Wildman–Crippen MR) is 53.6 cm³/mol. The molecule has 0 spiro atoms. The van der Waals surface area contributed by atoms with Crippen molar-refractivity contribution in [3.05, 3.63) is 12.3 Å². The van der Waals surface area contributed by atoms with Crippen LogP contribution in [0.4, 0.5) is 0 Å². The van der Waals surface area contributed by atoms with E-state index < -0.39 is 0 Å². The molecule has 2 nitrogen and oxygen atoms in total. The lowest BCUT2D eigenvalue weighted by atomic mass is 9.92. The van der Waals surface area contributed by atoms with Crippen molar-refractivity contribution < 1.29 is 9.47 Å². The molecule has 0 N–H and O–H groups in total. The summed E-state index contributed by atoms with van der Waals surface area (Å²) in [7, 11) is 0. The summed E-state index contributed by atoms with van der Waals surface area (Å²) in [5.41, 5.74) is -0.00222. The molecule has 76 valence electrons. The quantitative estimate of drug-likeness (QED) is 0.625. The minimum absolute atomic E-state index is 0.00222. The van der Waals surface area contributed by atoms with E-state index in [9.17, 15) is 0 Å². The molecule has 0 aromatic carbocycles. The minimum atomic E-state index is -0.00222. The van der Waals surface area contributed by atoms with Crippen LogP contribution in [0.15, 0.2) is 12.3 Å². The molecule has 1 rings (SSSR count). The van der Waals surface area contributed by atoms with Crippen LogP contribution in [0.3, 0.4) is 0 Å². The maximum Gasteiger partial charge on any atom is 0.116 e. The third kappa shape index (κ3) is 3.03. The molecule has 0 aliphatic carbocycles. The monoisotopic (exact) mass is 184 g/mol. The molecule has 1 aliphatic heterocycles. The van der Waals surface area contributed by atoms with E-state index in [4.69, 9.17) is 9.47 Å². The third-order valence-corrected chi connectivity index (χ3v) is 2.66. The molecule has 1 unspecified atom stereocenters. The molecule has 1 atom stereocenters. The standard InChI is InChI=1S/C11H20O2/c1-3-8-12-10-11(4-2)7-5-6-9-13-11/h3,8H,4-7,9-10H2,1-2H3/b8-3+.